The second-order valence-corrected chi connectivity index (χ2v) is 8.06. The number of methoxy groups -OCH3 is 3. The van der Waals surface area contributed by atoms with Crippen molar-refractivity contribution >= 4 is 23.1 Å². The van der Waals surface area contributed by atoms with E-state index in [-0.39, 0.29) is 22.6 Å². The Morgan fingerprint density at radius 2 is 1.54 bits per heavy atom. The highest BCUT2D eigenvalue weighted by molar-refractivity contribution is 6.51. The number of carbonyl (C=O) groups excluding carboxylic acids is 2. The lowest BCUT2D eigenvalue weighted by Gasteiger charge is -2.26. The number of anilines is 1. The number of hydrogen-bond donors (Lipinski definition) is 1. The third kappa shape index (κ3) is 4.69. The van der Waals surface area contributed by atoms with E-state index in [0.717, 1.165) is 23.1 Å². The Hall–Kier alpha value is -4.47. The van der Waals surface area contributed by atoms with E-state index in [9.17, 15) is 27.9 Å². The minimum absolute atomic E-state index is 0.149. The van der Waals surface area contributed by atoms with Crippen LogP contribution in [0.1, 0.15) is 22.7 Å². The van der Waals surface area contributed by atoms with Crippen LogP contribution in [0, 0.1) is 0 Å². The Bertz CT molecular complexity index is 1380. The van der Waals surface area contributed by atoms with E-state index < -0.39 is 35.2 Å². The molecule has 3 aromatic rings. The lowest BCUT2D eigenvalue weighted by atomic mass is 9.95. The molecule has 1 heterocycles. The molecule has 10 heteroatoms. The number of Topliss-reactive ketones (excluding diaryl/α,β-unsaturated/α-hetero) is 1. The van der Waals surface area contributed by atoms with Crippen molar-refractivity contribution in [3.63, 3.8) is 0 Å². The number of benzene rings is 3. The van der Waals surface area contributed by atoms with Gasteiger partial charge in [-0.15, -0.1) is 0 Å². The molecule has 1 N–H and O–H groups in total. The van der Waals surface area contributed by atoms with Crippen molar-refractivity contribution in [2.75, 3.05) is 26.2 Å². The van der Waals surface area contributed by atoms with Gasteiger partial charge in [0.05, 0.1) is 38.5 Å². The second-order valence-electron chi connectivity index (χ2n) is 8.06. The molecule has 1 amide bonds. The van der Waals surface area contributed by atoms with Crippen LogP contribution < -0.4 is 19.1 Å². The number of nitrogens with zero attached hydrogens (tertiary/aromatic N) is 1. The number of halogens is 3. The Morgan fingerprint density at radius 3 is 2.14 bits per heavy atom. The van der Waals surface area contributed by atoms with Crippen LogP contribution in [-0.4, -0.2) is 38.1 Å². The molecular formula is C27H22F3NO6. The summed E-state index contributed by atoms with van der Waals surface area (Å²) in [6.07, 6.45) is -4.67. The number of aliphatic hydroxyl groups excluding tert-OH is 1. The molecule has 0 spiro atoms. The molecule has 7 nitrogen and oxygen atoms in total. The van der Waals surface area contributed by atoms with Gasteiger partial charge in [0.1, 0.15) is 11.5 Å². The lowest BCUT2D eigenvalue weighted by Crippen LogP contribution is -2.29. The molecule has 0 radical (unpaired) electrons. The van der Waals surface area contributed by atoms with Gasteiger partial charge in [-0.25, -0.2) is 0 Å². The quantitative estimate of drug-likeness (QED) is 0.272. The Labute approximate surface area is 210 Å². The molecule has 0 bridgehead atoms. The molecule has 1 saturated heterocycles. The zero-order valence-corrected chi connectivity index (χ0v) is 20.0. The van der Waals surface area contributed by atoms with Gasteiger partial charge in [0, 0.05) is 11.3 Å². The second kappa shape index (κ2) is 9.88. The van der Waals surface area contributed by atoms with E-state index in [1.165, 1.54) is 45.6 Å². The zero-order valence-electron chi connectivity index (χ0n) is 20.0. The fraction of sp³-hybridized carbons (Fsp3) is 0.185. The summed E-state index contributed by atoms with van der Waals surface area (Å²) in [5, 5.41) is 11.3. The maximum absolute atomic E-state index is 13.4. The van der Waals surface area contributed by atoms with Crippen LogP contribution in [0.4, 0.5) is 18.9 Å². The highest BCUT2D eigenvalue weighted by atomic mass is 19.4. The Morgan fingerprint density at radius 1 is 0.865 bits per heavy atom. The van der Waals surface area contributed by atoms with Crippen LogP contribution in [0.25, 0.3) is 5.76 Å². The third-order valence-corrected chi connectivity index (χ3v) is 5.98. The number of amides is 1. The highest BCUT2D eigenvalue weighted by Crippen LogP contribution is 2.44. The van der Waals surface area contributed by atoms with E-state index in [2.05, 4.69) is 0 Å². The first-order valence-electron chi connectivity index (χ1n) is 10.9. The zero-order chi connectivity index (χ0) is 26.9. The predicted octanol–water partition coefficient (Wildman–Crippen LogP) is 5.36. The average Bonchev–Trinajstić information content (AvgIpc) is 3.17. The molecule has 37 heavy (non-hydrogen) atoms. The standard InChI is InChI=1S/C27H22F3NO6/c1-35-19-10-7-15(8-11-19)23-22(24(32)16-9-12-20(36-2)21(13-16)37-3)25(33)26(34)31(23)18-6-4-5-17(14-18)27(28,29)30/h4-14,23,32H,1-3H3/b24-22+. The van der Waals surface area contributed by atoms with Gasteiger partial charge in [0.2, 0.25) is 0 Å². The maximum atomic E-state index is 13.4. The molecule has 1 fully saturated rings. The third-order valence-electron chi connectivity index (χ3n) is 5.98. The molecule has 0 aromatic heterocycles. The van der Waals surface area contributed by atoms with Crippen molar-refractivity contribution in [3.8, 4) is 17.2 Å². The van der Waals surface area contributed by atoms with Crippen LogP contribution in [-0.2, 0) is 15.8 Å². The molecule has 1 aliphatic rings. The smallest absolute Gasteiger partial charge is 0.416 e. The van der Waals surface area contributed by atoms with E-state index in [1.807, 2.05) is 0 Å². The fourth-order valence-corrected chi connectivity index (χ4v) is 4.17. The first kappa shape index (κ1) is 25.6. The van der Waals surface area contributed by atoms with Gasteiger partial charge < -0.3 is 19.3 Å². The Kier molecular flexibility index (Phi) is 6.84. The van der Waals surface area contributed by atoms with Crippen LogP contribution in [0.15, 0.2) is 72.3 Å². The van der Waals surface area contributed by atoms with E-state index >= 15 is 0 Å². The first-order valence-corrected chi connectivity index (χ1v) is 10.9. The van der Waals surface area contributed by atoms with Gasteiger partial charge in [-0.2, -0.15) is 13.2 Å². The normalized spacial score (nSPS) is 17.1. The molecule has 0 aliphatic carbocycles. The van der Waals surface area contributed by atoms with Gasteiger partial charge in [-0.05, 0) is 54.1 Å². The van der Waals surface area contributed by atoms with Crippen LogP contribution in [0.2, 0.25) is 0 Å². The monoisotopic (exact) mass is 513 g/mol. The van der Waals surface area contributed by atoms with Crippen molar-refractivity contribution in [3.05, 3.63) is 89.0 Å². The van der Waals surface area contributed by atoms with Crippen molar-refractivity contribution in [1.82, 2.24) is 0 Å². The summed E-state index contributed by atoms with van der Waals surface area (Å²) in [4.78, 5) is 27.4. The van der Waals surface area contributed by atoms with Gasteiger partial charge in [-0.3, -0.25) is 14.5 Å². The van der Waals surface area contributed by atoms with Crippen molar-refractivity contribution in [1.29, 1.82) is 0 Å². The fourth-order valence-electron chi connectivity index (χ4n) is 4.17. The molecule has 0 saturated carbocycles. The number of aliphatic hydroxyl groups is 1. The number of carbonyl (C=O) groups is 2. The SMILES string of the molecule is COc1ccc(C2/C(=C(\O)c3ccc(OC)c(OC)c3)C(=O)C(=O)N2c2cccc(C(F)(F)F)c2)cc1. The largest absolute Gasteiger partial charge is 0.507 e. The molecule has 1 unspecified atom stereocenters. The van der Waals surface area contributed by atoms with Gasteiger partial charge >= 0.3 is 6.18 Å². The summed E-state index contributed by atoms with van der Waals surface area (Å²) in [7, 11) is 4.29. The number of alkyl halides is 3. The molecule has 3 aromatic carbocycles. The average molecular weight is 513 g/mol. The molecule has 1 atom stereocenters. The van der Waals surface area contributed by atoms with Crippen LogP contribution in [0.3, 0.4) is 0 Å². The molecule has 4 rings (SSSR count). The number of ketones is 1. The van der Waals surface area contributed by atoms with Gasteiger partial charge in [-0.1, -0.05) is 18.2 Å². The van der Waals surface area contributed by atoms with Crippen molar-refractivity contribution < 1.29 is 42.1 Å². The van der Waals surface area contributed by atoms with Gasteiger partial charge in [0.25, 0.3) is 11.7 Å². The lowest BCUT2D eigenvalue weighted by molar-refractivity contribution is -0.137. The predicted molar refractivity (Wildman–Crippen MR) is 129 cm³/mol. The highest BCUT2D eigenvalue weighted by Gasteiger charge is 2.47. The summed E-state index contributed by atoms with van der Waals surface area (Å²) in [6.45, 7) is 0. The number of hydrogen-bond acceptors (Lipinski definition) is 6. The summed E-state index contributed by atoms with van der Waals surface area (Å²) in [5.41, 5.74) is -0.901. The molecule has 1 aliphatic heterocycles. The van der Waals surface area contributed by atoms with Crippen LogP contribution >= 0.6 is 0 Å². The number of ether oxygens (including phenoxy) is 3. The minimum atomic E-state index is -4.67. The Balaban J connectivity index is 1.94. The summed E-state index contributed by atoms with van der Waals surface area (Å²) in [5.74, 6) is -1.53. The molecular weight excluding hydrogens is 491 g/mol. The summed E-state index contributed by atoms with van der Waals surface area (Å²) in [6, 6.07) is 13.6. The van der Waals surface area contributed by atoms with Crippen molar-refractivity contribution in [2.24, 2.45) is 0 Å². The van der Waals surface area contributed by atoms with E-state index in [0.29, 0.717) is 17.1 Å². The summed E-state index contributed by atoms with van der Waals surface area (Å²) >= 11 is 0. The number of rotatable bonds is 6. The summed E-state index contributed by atoms with van der Waals surface area (Å²) < 4.78 is 56.0. The minimum Gasteiger partial charge on any atom is -0.507 e. The topological polar surface area (TPSA) is 85.3 Å². The van der Waals surface area contributed by atoms with E-state index in [4.69, 9.17) is 14.2 Å². The maximum Gasteiger partial charge on any atom is 0.416 e. The van der Waals surface area contributed by atoms with Crippen LogP contribution in [0.5, 0.6) is 17.2 Å². The molecule has 192 valence electrons. The van der Waals surface area contributed by atoms with Crippen molar-refractivity contribution in [2.45, 2.75) is 12.2 Å². The first-order chi connectivity index (χ1) is 17.6. The van der Waals surface area contributed by atoms with Gasteiger partial charge in [0.15, 0.2) is 11.5 Å². The van der Waals surface area contributed by atoms with E-state index in [1.54, 1.807) is 24.3 Å².